The zero-order valence-electron chi connectivity index (χ0n) is 17.3. The Kier molecular flexibility index (Phi) is 6.25. The first-order valence-electron chi connectivity index (χ1n) is 9.49. The van der Waals surface area contributed by atoms with E-state index in [4.69, 9.17) is 9.26 Å². The number of ether oxygens (including phenoxy) is 1. The highest BCUT2D eigenvalue weighted by atomic mass is 32.2. The maximum Gasteiger partial charge on any atom is 0.243 e. The van der Waals surface area contributed by atoms with Crippen molar-refractivity contribution in [2.24, 2.45) is 0 Å². The van der Waals surface area contributed by atoms with Crippen LogP contribution in [0.15, 0.2) is 21.6 Å². The van der Waals surface area contributed by atoms with Crippen molar-refractivity contribution in [1.29, 1.82) is 0 Å². The zero-order chi connectivity index (χ0) is 21.2. The van der Waals surface area contributed by atoms with Crippen LogP contribution in [0.4, 0.5) is 5.95 Å². The number of nitrogens with one attached hydrogen (secondary N) is 3. The van der Waals surface area contributed by atoms with Crippen molar-refractivity contribution in [2.45, 2.75) is 45.1 Å². The van der Waals surface area contributed by atoms with Gasteiger partial charge in [-0.3, -0.25) is 0 Å². The third-order valence-corrected chi connectivity index (χ3v) is 6.33. The van der Waals surface area contributed by atoms with E-state index in [-0.39, 0.29) is 10.9 Å². The Bertz CT molecular complexity index is 1080. The van der Waals surface area contributed by atoms with Crippen molar-refractivity contribution in [3.8, 4) is 11.1 Å². The highest BCUT2D eigenvalue weighted by Crippen LogP contribution is 2.33. The van der Waals surface area contributed by atoms with Crippen LogP contribution in [-0.4, -0.2) is 49.8 Å². The number of methoxy groups -OCH3 is 1. The van der Waals surface area contributed by atoms with Gasteiger partial charge in [-0.2, -0.15) is 0 Å². The van der Waals surface area contributed by atoms with Gasteiger partial charge in [-0.1, -0.05) is 12.1 Å². The van der Waals surface area contributed by atoms with Gasteiger partial charge in [0.1, 0.15) is 16.2 Å². The third kappa shape index (κ3) is 4.44. The van der Waals surface area contributed by atoms with E-state index in [0.29, 0.717) is 53.6 Å². The Balaban J connectivity index is 2.17. The van der Waals surface area contributed by atoms with E-state index >= 15 is 0 Å². The van der Waals surface area contributed by atoms with Gasteiger partial charge in [0.15, 0.2) is 0 Å². The molecule has 158 valence electrons. The molecule has 3 N–H and O–H groups in total. The molecule has 0 aliphatic heterocycles. The van der Waals surface area contributed by atoms with Gasteiger partial charge in [0.2, 0.25) is 16.0 Å². The monoisotopic (exact) mass is 421 g/mol. The molecule has 29 heavy (non-hydrogen) atoms. The van der Waals surface area contributed by atoms with Gasteiger partial charge in [0.05, 0.1) is 17.8 Å². The predicted molar refractivity (Wildman–Crippen MR) is 112 cm³/mol. The van der Waals surface area contributed by atoms with Crippen LogP contribution in [0.1, 0.15) is 31.7 Å². The van der Waals surface area contributed by atoms with E-state index < -0.39 is 10.0 Å². The maximum absolute atomic E-state index is 13.1. The number of nitrogens with zero attached hydrogens (tertiary/aromatic N) is 2. The number of rotatable bonds is 9. The Labute approximate surface area is 170 Å². The number of H-pyrrole nitrogens is 1. The minimum Gasteiger partial charge on any atom is -0.383 e. The fraction of sp³-hybridized carbons (Fsp3) is 0.474. The molecule has 1 aromatic carbocycles. The number of benzene rings is 1. The molecule has 0 fully saturated rings. The van der Waals surface area contributed by atoms with Crippen molar-refractivity contribution in [2.75, 3.05) is 25.6 Å². The minimum absolute atomic E-state index is 0.112. The van der Waals surface area contributed by atoms with Crippen molar-refractivity contribution >= 4 is 27.0 Å². The highest BCUT2D eigenvalue weighted by Gasteiger charge is 2.24. The fourth-order valence-corrected chi connectivity index (χ4v) is 4.61. The minimum atomic E-state index is -3.79. The largest absolute Gasteiger partial charge is 0.383 e. The number of hydrogen-bond donors (Lipinski definition) is 3. The van der Waals surface area contributed by atoms with Crippen molar-refractivity contribution in [3.63, 3.8) is 0 Å². The molecule has 0 aliphatic carbocycles. The lowest BCUT2D eigenvalue weighted by molar-refractivity contribution is 0.210. The summed E-state index contributed by atoms with van der Waals surface area (Å²) < 4.78 is 39.3. The van der Waals surface area contributed by atoms with E-state index in [1.54, 1.807) is 20.1 Å². The van der Waals surface area contributed by atoms with Crippen molar-refractivity contribution in [3.05, 3.63) is 23.6 Å². The number of imidazole rings is 1. The number of aryl methyl sites for hydroxylation is 2. The molecule has 3 rings (SSSR count). The number of aromatic nitrogens is 3. The smallest absolute Gasteiger partial charge is 0.243 e. The Morgan fingerprint density at radius 2 is 2.07 bits per heavy atom. The third-order valence-electron chi connectivity index (χ3n) is 4.73. The van der Waals surface area contributed by atoms with Crippen molar-refractivity contribution < 1.29 is 17.7 Å². The van der Waals surface area contributed by atoms with Gasteiger partial charge in [-0.05, 0) is 44.9 Å². The van der Waals surface area contributed by atoms with E-state index in [9.17, 15) is 8.42 Å². The Hall–Kier alpha value is -2.43. The molecule has 0 amide bonds. The average molecular weight is 422 g/mol. The normalized spacial score (nSPS) is 13.1. The van der Waals surface area contributed by atoms with E-state index in [1.807, 2.05) is 26.8 Å². The Morgan fingerprint density at radius 1 is 1.31 bits per heavy atom. The van der Waals surface area contributed by atoms with Crippen LogP contribution in [0.2, 0.25) is 0 Å². The van der Waals surface area contributed by atoms with Crippen LogP contribution in [0.5, 0.6) is 0 Å². The SMILES string of the molecule is CCC(C)NS(=O)(=O)c1cc(-c2c(C)noc2C)cc2[nH]c(NCCOC)nc12. The first-order chi connectivity index (χ1) is 13.8. The Morgan fingerprint density at radius 3 is 2.69 bits per heavy atom. The van der Waals surface area contributed by atoms with Gasteiger partial charge >= 0.3 is 0 Å². The molecule has 10 heteroatoms. The van der Waals surface area contributed by atoms with Gasteiger partial charge < -0.3 is 19.6 Å². The van der Waals surface area contributed by atoms with Crippen LogP contribution in [0.25, 0.3) is 22.2 Å². The lowest BCUT2D eigenvalue weighted by Crippen LogP contribution is -2.32. The van der Waals surface area contributed by atoms with E-state index in [2.05, 4.69) is 25.2 Å². The fourth-order valence-electron chi connectivity index (χ4n) is 3.10. The average Bonchev–Trinajstić information content (AvgIpc) is 3.22. The summed E-state index contributed by atoms with van der Waals surface area (Å²) in [5.41, 5.74) is 3.14. The molecule has 0 radical (unpaired) electrons. The quantitative estimate of drug-likeness (QED) is 0.454. The van der Waals surface area contributed by atoms with Crippen LogP contribution in [0, 0.1) is 13.8 Å². The number of hydrogen-bond acceptors (Lipinski definition) is 7. The first-order valence-corrected chi connectivity index (χ1v) is 11.0. The summed E-state index contributed by atoms with van der Waals surface area (Å²) in [6, 6.07) is 3.29. The summed E-state index contributed by atoms with van der Waals surface area (Å²) in [6.45, 7) is 8.43. The van der Waals surface area contributed by atoms with Gasteiger partial charge in [0, 0.05) is 25.3 Å². The summed E-state index contributed by atoms with van der Waals surface area (Å²) in [5.74, 6) is 1.10. The highest BCUT2D eigenvalue weighted by molar-refractivity contribution is 7.89. The predicted octanol–water partition coefficient (Wildman–Crippen LogP) is 2.97. The standard InChI is InChI=1S/C19H27N5O4S/c1-6-11(2)24-29(25,26)16-10-14(17-12(3)23-28-13(17)4)9-15-18(16)22-19(21-15)20-7-8-27-5/h9-11,24H,6-8H2,1-5H3,(H2,20,21,22). The molecular formula is C19H27N5O4S. The second kappa shape index (κ2) is 8.52. The van der Waals surface area contributed by atoms with Gasteiger partial charge in [-0.15, -0.1) is 0 Å². The first kappa shape index (κ1) is 21.3. The number of sulfonamides is 1. The summed E-state index contributed by atoms with van der Waals surface area (Å²) in [4.78, 5) is 7.74. The van der Waals surface area contributed by atoms with E-state index in [1.165, 1.54) is 0 Å². The van der Waals surface area contributed by atoms with Crippen LogP contribution in [-0.2, 0) is 14.8 Å². The maximum atomic E-state index is 13.1. The van der Waals surface area contributed by atoms with Gasteiger partial charge in [-0.25, -0.2) is 18.1 Å². The second-order valence-electron chi connectivity index (χ2n) is 7.01. The topological polar surface area (TPSA) is 122 Å². The summed E-state index contributed by atoms with van der Waals surface area (Å²) in [6.07, 6.45) is 0.677. The summed E-state index contributed by atoms with van der Waals surface area (Å²) >= 11 is 0. The van der Waals surface area contributed by atoms with Gasteiger partial charge in [0.25, 0.3) is 0 Å². The lowest BCUT2D eigenvalue weighted by atomic mass is 10.0. The number of aromatic amines is 1. The molecule has 3 aromatic rings. The molecule has 2 aromatic heterocycles. The molecule has 0 saturated carbocycles. The molecular weight excluding hydrogens is 394 g/mol. The lowest BCUT2D eigenvalue weighted by Gasteiger charge is -2.13. The number of anilines is 1. The van der Waals surface area contributed by atoms with Crippen LogP contribution >= 0.6 is 0 Å². The molecule has 2 heterocycles. The van der Waals surface area contributed by atoms with E-state index in [0.717, 1.165) is 5.56 Å². The summed E-state index contributed by atoms with van der Waals surface area (Å²) in [5, 5.41) is 7.09. The molecule has 1 atom stereocenters. The molecule has 0 spiro atoms. The molecule has 0 bridgehead atoms. The second-order valence-corrected chi connectivity index (χ2v) is 8.69. The number of fused-ring (bicyclic) bond motifs is 1. The molecule has 0 saturated heterocycles. The molecule has 0 aliphatic rings. The van der Waals surface area contributed by atoms with Crippen LogP contribution in [0.3, 0.4) is 0 Å². The van der Waals surface area contributed by atoms with Crippen molar-refractivity contribution in [1.82, 2.24) is 19.8 Å². The van der Waals surface area contributed by atoms with Crippen LogP contribution < -0.4 is 10.0 Å². The summed E-state index contributed by atoms with van der Waals surface area (Å²) in [7, 11) is -2.17. The molecule has 9 nitrogen and oxygen atoms in total. The zero-order valence-corrected chi connectivity index (χ0v) is 18.1. The molecule has 1 unspecified atom stereocenters.